The first-order chi connectivity index (χ1) is 8.81. The van der Waals surface area contributed by atoms with E-state index in [4.69, 9.17) is 16.9 Å². The van der Waals surface area contributed by atoms with Crippen molar-refractivity contribution in [2.24, 2.45) is 0 Å². The van der Waals surface area contributed by atoms with Crippen LogP contribution in [0, 0.1) is 11.3 Å². The van der Waals surface area contributed by atoms with Gasteiger partial charge in [0.2, 0.25) is 0 Å². The largest absolute Gasteiger partial charge is 0.383 e. The van der Waals surface area contributed by atoms with E-state index in [9.17, 15) is 0 Å². The van der Waals surface area contributed by atoms with Crippen molar-refractivity contribution in [1.82, 2.24) is 0 Å². The number of rotatable bonds is 5. The average molecular weight is 313 g/mol. The molecule has 1 heterocycles. The summed E-state index contributed by atoms with van der Waals surface area (Å²) in [7, 11) is 0. The standard InChI is InChI=1S/C14H13ClN2S.ClH/c15-14-11(6-8-16)3-1-5-13(14)17-9-7-12-4-2-10-18-12;/h1-5,10,17H,6-7,9H2;1H. The SMILES string of the molecule is Cl.N#CCc1cccc(NCCc2cccs2)c1Cl. The van der Waals surface area contributed by atoms with Crippen molar-refractivity contribution in [2.75, 3.05) is 11.9 Å². The molecule has 0 radical (unpaired) electrons. The number of benzene rings is 1. The van der Waals surface area contributed by atoms with Gasteiger partial charge in [0.25, 0.3) is 0 Å². The van der Waals surface area contributed by atoms with Crippen LogP contribution >= 0.6 is 35.3 Å². The maximum absolute atomic E-state index is 8.71. The smallest absolute Gasteiger partial charge is 0.0679 e. The maximum Gasteiger partial charge on any atom is 0.0679 e. The van der Waals surface area contributed by atoms with Crippen molar-refractivity contribution >= 4 is 41.0 Å². The summed E-state index contributed by atoms with van der Waals surface area (Å²) < 4.78 is 0. The molecule has 0 aliphatic carbocycles. The number of hydrogen-bond donors (Lipinski definition) is 1. The third-order valence-corrected chi connectivity index (χ3v) is 4.00. The van der Waals surface area contributed by atoms with Crippen molar-refractivity contribution in [3.8, 4) is 6.07 Å². The summed E-state index contributed by atoms with van der Waals surface area (Å²) in [4.78, 5) is 1.35. The van der Waals surface area contributed by atoms with Gasteiger partial charge in [-0.3, -0.25) is 0 Å². The lowest BCUT2D eigenvalue weighted by Crippen LogP contribution is -2.05. The van der Waals surface area contributed by atoms with Gasteiger partial charge in [-0.2, -0.15) is 5.26 Å². The second kappa shape index (κ2) is 8.06. The molecule has 0 fully saturated rings. The quantitative estimate of drug-likeness (QED) is 0.879. The molecule has 0 bridgehead atoms. The zero-order valence-electron chi connectivity index (χ0n) is 10.2. The summed E-state index contributed by atoms with van der Waals surface area (Å²) in [6.07, 6.45) is 1.33. The normalized spacial score (nSPS) is 9.47. The molecule has 0 saturated heterocycles. The number of anilines is 1. The van der Waals surface area contributed by atoms with Crippen molar-refractivity contribution in [3.63, 3.8) is 0 Å². The van der Waals surface area contributed by atoms with Crippen molar-refractivity contribution in [1.29, 1.82) is 5.26 Å². The molecule has 100 valence electrons. The first-order valence-electron chi connectivity index (χ1n) is 5.72. The Kier molecular flexibility index (Phi) is 6.72. The summed E-state index contributed by atoms with van der Waals surface area (Å²) in [5, 5.41) is 14.8. The van der Waals surface area contributed by atoms with Gasteiger partial charge in [-0.05, 0) is 29.5 Å². The average Bonchev–Trinajstić information content (AvgIpc) is 2.87. The van der Waals surface area contributed by atoms with Crippen LogP contribution in [0.15, 0.2) is 35.7 Å². The summed E-state index contributed by atoms with van der Waals surface area (Å²) in [5.74, 6) is 0. The fourth-order valence-corrected chi connectivity index (χ4v) is 2.68. The van der Waals surface area contributed by atoms with Gasteiger partial charge < -0.3 is 5.32 Å². The predicted molar refractivity (Wildman–Crippen MR) is 84.5 cm³/mol. The highest BCUT2D eigenvalue weighted by atomic mass is 35.5. The van der Waals surface area contributed by atoms with Crippen molar-refractivity contribution < 1.29 is 0 Å². The van der Waals surface area contributed by atoms with E-state index in [1.807, 2.05) is 18.2 Å². The molecular formula is C14H14Cl2N2S. The number of nitriles is 1. The molecular weight excluding hydrogens is 299 g/mol. The molecule has 0 amide bonds. The number of thiophene rings is 1. The van der Waals surface area contributed by atoms with Crippen LogP contribution in [0.3, 0.4) is 0 Å². The number of nitrogens with one attached hydrogen (secondary N) is 1. The van der Waals surface area contributed by atoms with Crippen LogP contribution < -0.4 is 5.32 Å². The molecule has 5 heteroatoms. The first kappa shape index (κ1) is 15.8. The Balaban J connectivity index is 0.00000180. The number of nitrogens with zero attached hydrogens (tertiary/aromatic N) is 1. The molecule has 0 aliphatic rings. The second-order valence-electron chi connectivity index (χ2n) is 3.87. The fourth-order valence-electron chi connectivity index (χ4n) is 1.71. The van der Waals surface area contributed by atoms with Gasteiger partial charge in [-0.25, -0.2) is 0 Å². The molecule has 2 nitrogen and oxygen atoms in total. The van der Waals surface area contributed by atoms with Crippen LogP contribution in [0.1, 0.15) is 10.4 Å². The Hall–Kier alpha value is -1.21. The van der Waals surface area contributed by atoms with Crippen molar-refractivity contribution in [3.05, 3.63) is 51.2 Å². The highest BCUT2D eigenvalue weighted by Gasteiger charge is 2.05. The Morgan fingerprint density at radius 2 is 2.11 bits per heavy atom. The highest BCUT2D eigenvalue weighted by molar-refractivity contribution is 7.09. The van der Waals surface area contributed by atoms with E-state index in [-0.39, 0.29) is 12.4 Å². The molecule has 2 rings (SSSR count). The van der Waals surface area contributed by atoms with E-state index in [0.717, 1.165) is 24.2 Å². The van der Waals surface area contributed by atoms with E-state index < -0.39 is 0 Å². The summed E-state index contributed by atoms with van der Waals surface area (Å²) in [6.45, 7) is 0.843. The van der Waals surface area contributed by atoms with Gasteiger partial charge in [-0.15, -0.1) is 23.7 Å². The topological polar surface area (TPSA) is 35.8 Å². The van der Waals surface area contributed by atoms with Crippen LogP contribution in [0.4, 0.5) is 5.69 Å². The van der Waals surface area contributed by atoms with Gasteiger partial charge in [-0.1, -0.05) is 29.8 Å². The third-order valence-electron chi connectivity index (χ3n) is 2.62. The summed E-state index contributed by atoms with van der Waals surface area (Å²) >= 11 is 7.99. The highest BCUT2D eigenvalue weighted by Crippen LogP contribution is 2.26. The van der Waals surface area contributed by atoms with Gasteiger partial charge >= 0.3 is 0 Å². The maximum atomic E-state index is 8.71. The first-order valence-corrected chi connectivity index (χ1v) is 6.97. The van der Waals surface area contributed by atoms with Gasteiger partial charge in [0.05, 0.1) is 23.2 Å². The van der Waals surface area contributed by atoms with E-state index in [0.29, 0.717) is 11.4 Å². The summed E-state index contributed by atoms with van der Waals surface area (Å²) in [5.41, 5.74) is 1.78. The summed E-state index contributed by atoms with van der Waals surface area (Å²) in [6, 6.07) is 12.1. The predicted octanol–water partition coefficient (Wildman–Crippen LogP) is 4.54. The second-order valence-corrected chi connectivity index (χ2v) is 5.28. The van der Waals surface area contributed by atoms with Crippen LogP contribution in [-0.2, 0) is 12.8 Å². The van der Waals surface area contributed by atoms with Gasteiger partial charge in [0.15, 0.2) is 0 Å². The van der Waals surface area contributed by atoms with Crippen LogP contribution in [0.2, 0.25) is 5.02 Å². The third kappa shape index (κ3) is 4.43. The lowest BCUT2D eigenvalue weighted by atomic mass is 10.1. The van der Waals surface area contributed by atoms with E-state index in [1.165, 1.54) is 4.88 Å². The minimum Gasteiger partial charge on any atom is -0.383 e. The monoisotopic (exact) mass is 312 g/mol. The van der Waals surface area contributed by atoms with Gasteiger partial charge in [0.1, 0.15) is 0 Å². The number of hydrogen-bond acceptors (Lipinski definition) is 3. The molecule has 2 aromatic rings. The molecule has 1 aromatic carbocycles. The fraction of sp³-hybridized carbons (Fsp3) is 0.214. The van der Waals surface area contributed by atoms with E-state index in [1.54, 1.807) is 11.3 Å². The lowest BCUT2D eigenvalue weighted by Gasteiger charge is -2.09. The molecule has 1 aromatic heterocycles. The molecule has 0 atom stereocenters. The van der Waals surface area contributed by atoms with Crippen LogP contribution in [0.25, 0.3) is 0 Å². The zero-order chi connectivity index (χ0) is 12.8. The minimum absolute atomic E-state index is 0. The van der Waals surface area contributed by atoms with Gasteiger partial charge in [0, 0.05) is 11.4 Å². The van der Waals surface area contributed by atoms with Crippen molar-refractivity contribution in [2.45, 2.75) is 12.8 Å². The van der Waals surface area contributed by atoms with Crippen LogP contribution in [0.5, 0.6) is 0 Å². The van der Waals surface area contributed by atoms with E-state index in [2.05, 4.69) is 28.9 Å². The molecule has 19 heavy (non-hydrogen) atoms. The molecule has 0 spiro atoms. The molecule has 0 unspecified atom stereocenters. The molecule has 0 saturated carbocycles. The Labute approximate surface area is 128 Å². The molecule has 0 aliphatic heterocycles. The number of halogens is 2. The minimum atomic E-state index is 0. The zero-order valence-corrected chi connectivity index (χ0v) is 12.6. The Bertz CT molecular complexity index is 547. The Morgan fingerprint density at radius 1 is 1.26 bits per heavy atom. The van der Waals surface area contributed by atoms with Crippen LogP contribution in [-0.4, -0.2) is 6.54 Å². The molecule has 1 N–H and O–H groups in total. The Morgan fingerprint density at radius 3 is 2.79 bits per heavy atom. The van der Waals surface area contributed by atoms with E-state index >= 15 is 0 Å². The lowest BCUT2D eigenvalue weighted by molar-refractivity contribution is 1.04.